The van der Waals surface area contributed by atoms with Gasteiger partial charge in [-0.1, -0.05) is 13.8 Å². The van der Waals surface area contributed by atoms with E-state index in [4.69, 9.17) is 11.5 Å². The zero-order valence-corrected chi connectivity index (χ0v) is 15.8. The molecule has 0 aliphatic heterocycles. The number of rotatable bonds is 17. The molecule has 0 fully saturated rings. The summed E-state index contributed by atoms with van der Waals surface area (Å²) in [4.78, 5) is 4.95. The molecule has 140 valence electrons. The molecule has 0 saturated carbocycles. The first-order valence-electron chi connectivity index (χ1n) is 9.47. The zero-order valence-electron chi connectivity index (χ0n) is 15.8. The van der Waals surface area contributed by atoms with Crippen LogP contribution in [0, 0.1) is 0 Å². The summed E-state index contributed by atoms with van der Waals surface area (Å²) in [5.74, 6) is 0. The molecule has 6 nitrogen and oxygen atoms in total. The van der Waals surface area contributed by atoms with Crippen molar-refractivity contribution in [3.8, 4) is 0 Å². The van der Waals surface area contributed by atoms with Gasteiger partial charge in [-0.2, -0.15) is 0 Å². The van der Waals surface area contributed by atoms with E-state index in [0.717, 1.165) is 58.9 Å². The molecular formula is C17H42N6. The van der Waals surface area contributed by atoms with Crippen molar-refractivity contribution in [3.63, 3.8) is 0 Å². The lowest BCUT2D eigenvalue weighted by molar-refractivity contribution is 0.174. The largest absolute Gasteiger partial charge is 0.329 e. The molecule has 1 unspecified atom stereocenters. The Labute approximate surface area is 144 Å². The summed E-state index contributed by atoms with van der Waals surface area (Å²) in [6, 6.07) is 0.407. The van der Waals surface area contributed by atoms with Crippen LogP contribution in [0.25, 0.3) is 0 Å². The van der Waals surface area contributed by atoms with Crippen molar-refractivity contribution in [2.75, 3.05) is 72.0 Å². The summed E-state index contributed by atoms with van der Waals surface area (Å²) in [6.45, 7) is 17.6. The van der Waals surface area contributed by atoms with E-state index in [2.05, 4.69) is 41.2 Å². The van der Waals surface area contributed by atoms with Gasteiger partial charge in [0, 0.05) is 64.9 Å². The van der Waals surface area contributed by atoms with Crippen molar-refractivity contribution in [2.24, 2.45) is 11.5 Å². The number of nitrogens with two attached hydrogens (primary N) is 2. The van der Waals surface area contributed by atoms with Crippen LogP contribution in [0.3, 0.4) is 0 Å². The smallest absolute Gasteiger partial charge is 0.0191 e. The van der Waals surface area contributed by atoms with Crippen LogP contribution in [-0.4, -0.2) is 87.8 Å². The SMILES string of the molecule is CCCNCCNCCN(CCC)CCN(CCN)C(C)CN. The van der Waals surface area contributed by atoms with Gasteiger partial charge in [0.2, 0.25) is 0 Å². The second-order valence-corrected chi connectivity index (χ2v) is 6.25. The molecule has 0 heterocycles. The van der Waals surface area contributed by atoms with Gasteiger partial charge in [-0.15, -0.1) is 0 Å². The fraction of sp³-hybridized carbons (Fsp3) is 1.00. The van der Waals surface area contributed by atoms with E-state index in [9.17, 15) is 0 Å². The Morgan fingerprint density at radius 2 is 1.48 bits per heavy atom. The third-order valence-corrected chi connectivity index (χ3v) is 4.13. The molecule has 0 aromatic rings. The molecule has 0 spiro atoms. The average molecular weight is 331 g/mol. The highest BCUT2D eigenvalue weighted by Gasteiger charge is 2.13. The van der Waals surface area contributed by atoms with Crippen LogP contribution >= 0.6 is 0 Å². The fourth-order valence-electron chi connectivity index (χ4n) is 2.63. The third kappa shape index (κ3) is 12.8. The molecule has 0 bridgehead atoms. The average Bonchev–Trinajstić information content (AvgIpc) is 2.56. The molecule has 0 aliphatic carbocycles. The molecule has 0 saturated heterocycles. The Morgan fingerprint density at radius 1 is 0.783 bits per heavy atom. The highest BCUT2D eigenvalue weighted by molar-refractivity contribution is 4.71. The summed E-state index contributed by atoms with van der Waals surface area (Å²) in [6.07, 6.45) is 2.40. The molecule has 0 radical (unpaired) electrons. The molecule has 0 aromatic carbocycles. The van der Waals surface area contributed by atoms with Crippen LogP contribution in [0.15, 0.2) is 0 Å². The molecule has 23 heavy (non-hydrogen) atoms. The van der Waals surface area contributed by atoms with E-state index in [1.807, 2.05) is 0 Å². The first kappa shape index (κ1) is 22.8. The Balaban J connectivity index is 3.94. The van der Waals surface area contributed by atoms with E-state index < -0.39 is 0 Å². The lowest BCUT2D eigenvalue weighted by Gasteiger charge is -2.31. The first-order valence-corrected chi connectivity index (χ1v) is 9.47. The Hall–Kier alpha value is -0.240. The maximum atomic E-state index is 5.80. The van der Waals surface area contributed by atoms with Crippen molar-refractivity contribution in [1.82, 2.24) is 20.4 Å². The van der Waals surface area contributed by atoms with Crippen molar-refractivity contribution < 1.29 is 0 Å². The van der Waals surface area contributed by atoms with Crippen LogP contribution in [0.1, 0.15) is 33.6 Å². The van der Waals surface area contributed by atoms with Crippen molar-refractivity contribution >= 4 is 0 Å². The van der Waals surface area contributed by atoms with Crippen molar-refractivity contribution in [2.45, 2.75) is 39.7 Å². The van der Waals surface area contributed by atoms with E-state index in [1.165, 1.54) is 12.8 Å². The Morgan fingerprint density at radius 3 is 2.04 bits per heavy atom. The summed E-state index contributed by atoms with van der Waals surface area (Å²) in [7, 11) is 0. The number of hydrogen-bond donors (Lipinski definition) is 4. The number of nitrogens with zero attached hydrogens (tertiary/aromatic N) is 2. The molecule has 0 aromatic heterocycles. The molecule has 6 heteroatoms. The summed E-state index contributed by atoms with van der Waals surface area (Å²) in [5, 5.41) is 6.94. The second-order valence-electron chi connectivity index (χ2n) is 6.25. The van der Waals surface area contributed by atoms with Crippen LogP contribution in [0.4, 0.5) is 0 Å². The van der Waals surface area contributed by atoms with Gasteiger partial charge in [-0.3, -0.25) is 4.90 Å². The fourth-order valence-corrected chi connectivity index (χ4v) is 2.63. The highest BCUT2D eigenvalue weighted by atomic mass is 15.2. The van der Waals surface area contributed by atoms with Crippen LogP contribution in [0.2, 0.25) is 0 Å². The van der Waals surface area contributed by atoms with E-state index in [1.54, 1.807) is 0 Å². The minimum Gasteiger partial charge on any atom is -0.329 e. The summed E-state index contributed by atoms with van der Waals surface area (Å²) in [5.41, 5.74) is 11.5. The normalized spacial score (nSPS) is 13.2. The number of hydrogen-bond acceptors (Lipinski definition) is 6. The standard InChI is InChI=1S/C17H42N6/c1-4-7-20-8-9-21-10-13-22(11-5-2)14-15-23(12-6-18)17(3)16-19/h17,20-21H,4-16,18-19H2,1-3H3. The van der Waals surface area contributed by atoms with Gasteiger partial charge in [0.25, 0.3) is 0 Å². The summed E-state index contributed by atoms with van der Waals surface area (Å²) >= 11 is 0. The van der Waals surface area contributed by atoms with E-state index in [-0.39, 0.29) is 0 Å². The molecular weight excluding hydrogens is 288 g/mol. The van der Waals surface area contributed by atoms with Crippen LogP contribution < -0.4 is 22.1 Å². The number of nitrogens with one attached hydrogen (secondary N) is 2. The highest BCUT2D eigenvalue weighted by Crippen LogP contribution is 1.99. The third-order valence-electron chi connectivity index (χ3n) is 4.13. The van der Waals surface area contributed by atoms with Gasteiger partial charge < -0.3 is 27.0 Å². The van der Waals surface area contributed by atoms with Crippen LogP contribution in [-0.2, 0) is 0 Å². The second kappa shape index (κ2) is 16.6. The molecule has 0 aliphatic rings. The summed E-state index contributed by atoms with van der Waals surface area (Å²) < 4.78 is 0. The van der Waals surface area contributed by atoms with Gasteiger partial charge >= 0.3 is 0 Å². The van der Waals surface area contributed by atoms with Gasteiger partial charge in [-0.05, 0) is 32.9 Å². The predicted octanol–water partition coefficient (Wildman–Crippen LogP) is -0.104. The molecule has 1 atom stereocenters. The van der Waals surface area contributed by atoms with Crippen molar-refractivity contribution in [3.05, 3.63) is 0 Å². The van der Waals surface area contributed by atoms with E-state index >= 15 is 0 Å². The first-order chi connectivity index (χ1) is 11.2. The van der Waals surface area contributed by atoms with Crippen molar-refractivity contribution in [1.29, 1.82) is 0 Å². The molecule has 6 N–H and O–H groups in total. The van der Waals surface area contributed by atoms with Gasteiger partial charge in [0.05, 0.1) is 0 Å². The lowest BCUT2D eigenvalue weighted by atomic mass is 10.2. The van der Waals surface area contributed by atoms with Gasteiger partial charge in [0.1, 0.15) is 0 Å². The maximum absolute atomic E-state index is 5.80. The molecule has 0 rings (SSSR count). The Bertz CT molecular complexity index is 239. The maximum Gasteiger partial charge on any atom is 0.0191 e. The monoisotopic (exact) mass is 330 g/mol. The van der Waals surface area contributed by atoms with E-state index in [0.29, 0.717) is 19.1 Å². The molecule has 0 amide bonds. The van der Waals surface area contributed by atoms with Crippen LogP contribution in [0.5, 0.6) is 0 Å². The van der Waals surface area contributed by atoms with Gasteiger partial charge in [0.15, 0.2) is 0 Å². The zero-order chi connectivity index (χ0) is 17.3. The predicted molar refractivity (Wildman–Crippen MR) is 102 cm³/mol. The minimum absolute atomic E-state index is 0.407. The Kier molecular flexibility index (Phi) is 16.4. The quantitative estimate of drug-likeness (QED) is 0.279. The minimum atomic E-state index is 0.407. The van der Waals surface area contributed by atoms with Gasteiger partial charge in [-0.25, -0.2) is 0 Å². The lowest BCUT2D eigenvalue weighted by Crippen LogP contribution is -2.46. The topological polar surface area (TPSA) is 82.6 Å².